The number of carbonyl (C=O) groups excluding carboxylic acids is 1. The molecule has 0 radical (unpaired) electrons. The van der Waals surface area contributed by atoms with Gasteiger partial charge in [-0.25, -0.2) is 0 Å². The molecule has 4 heteroatoms. The molecule has 2 aliphatic rings. The lowest BCUT2D eigenvalue weighted by molar-refractivity contribution is -0.140. The molecular formula is C26H39ClO3. The highest BCUT2D eigenvalue weighted by Crippen LogP contribution is 2.45. The number of halogens is 1. The van der Waals surface area contributed by atoms with E-state index < -0.39 is 0 Å². The number of hydrogen-bond acceptors (Lipinski definition) is 3. The van der Waals surface area contributed by atoms with Crippen molar-refractivity contribution in [3.8, 4) is 0 Å². The van der Waals surface area contributed by atoms with Gasteiger partial charge < -0.3 is 9.84 Å². The van der Waals surface area contributed by atoms with E-state index in [1.165, 1.54) is 56.8 Å². The van der Waals surface area contributed by atoms with Crippen LogP contribution in [0.2, 0.25) is 0 Å². The average molecular weight is 435 g/mol. The van der Waals surface area contributed by atoms with Gasteiger partial charge >= 0.3 is 5.97 Å². The number of rotatable bonds is 10. The number of hydrogen-bond donors (Lipinski definition) is 1. The van der Waals surface area contributed by atoms with E-state index in [2.05, 4.69) is 24.3 Å². The van der Waals surface area contributed by atoms with Gasteiger partial charge in [0.25, 0.3) is 0 Å². The first-order chi connectivity index (χ1) is 14.6. The third-order valence-electron chi connectivity index (χ3n) is 7.32. The van der Waals surface area contributed by atoms with Gasteiger partial charge in [-0.2, -0.15) is 0 Å². The molecule has 3 rings (SSSR count). The van der Waals surface area contributed by atoms with Crippen molar-refractivity contribution in [1.82, 2.24) is 0 Å². The second-order valence-electron chi connectivity index (χ2n) is 9.49. The predicted octanol–water partition coefficient (Wildman–Crippen LogP) is 6.39. The number of aliphatic hydroxyl groups excluding tert-OH is 1. The van der Waals surface area contributed by atoms with Crippen LogP contribution in [0, 0.1) is 11.8 Å². The fraction of sp³-hybridized carbons (Fsp3) is 0.731. The largest absolute Gasteiger partial charge is 0.469 e. The molecule has 0 spiro atoms. The molecule has 0 amide bonds. The van der Waals surface area contributed by atoms with Crippen LogP contribution in [-0.4, -0.2) is 29.7 Å². The second kappa shape index (κ2) is 12.1. The van der Waals surface area contributed by atoms with Gasteiger partial charge in [0.15, 0.2) is 0 Å². The molecule has 30 heavy (non-hydrogen) atoms. The van der Waals surface area contributed by atoms with E-state index in [4.69, 9.17) is 16.3 Å². The normalized spacial score (nSPS) is 27.3. The van der Waals surface area contributed by atoms with Crippen LogP contribution < -0.4 is 0 Å². The summed E-state index contributed by atoms with van der Waals surface area (Å²) in [5.74, 6) is 1.19. The van der Waals surface area contributed by atoms with Gasteiger partial charge in [-0.15, -0.1) is 11.6 Å². The van der Waals surface area contributed by atoms with E-state index in [0.29, 0.717) is 18.8 Å². The van der Waals surface area contributed by atoms with Crippen LogP contribution >= 0.6 is 11.6 Å². The number of aliphatic hydroxyl groups is 1. The van der Waals surface area contributed by atoms with Crippen LogP contribution in [0.15, 0.2) is 24.3 Å². The maximum atomic E-state index is 11.2. The number of carbonyl (C=O) groups is 1. The molecule has 168 valence electrons. The van der Waals surface area contributed by atoms with Crippen molar-refractivity contribution in [3.05, 3.63) is 35.4 Å². The average Bonchev–Trinajstić information content (AvgIpc) is 3.04. The van der Waals surface area contributed by atoms with Gasteiger partial charge in [0.1, 0.15) is 0 Å². The summed E-state index contributed by atoms with van der Waals surface area (Å²) in [6, 6.07) is 9.04. The molecule has 2 fully saturated rings. The minimum absolute atomic E-state index is 0.0435. The first-order valence-corrected chi connectivity index (χ1v) is 12.5. The smallest absolute Gasteiger partial charge is 0.305 e. The molecule has 2 aliphatic carbocycles. The van der Waals surface area contributed by atoms with Gasteiger partial charge in [-0.3, -0.25) is 4.79 Å². The molecule has 1 aromatic rings. The first kappa shape index (κ1) is 23.6. The lowest BCUT2D eigenvalue weighted by Gasteiger charge is -2.25. The van der Waals surface area contributed by atoms with Gasteiger partial charge in [-0.1, -0.05) is 75.6 Å². The van der Waals surface area contributed by atoms with Crippen LogP contribution in [-0.2, 0) is 16.0 Å². The summed E-state index contributed by atoms with van der Waals surface area (Å²) in [5, 5.41) is 10.8. The summed E-state index contributed by atoms with van der Waals surface area (Å²) in [5.41, 5.74) is 2.68. The van der Waals surface area contributed by atoms with E-state index in [1.54, 1.807) is 0 Å². The summed E-state index contributed by atoms with van der Waals surface area (Å²) in [6.07, 6.45) is 14.1. The van der Waals surface area contributed by atoms with Crippen molar-refractivity contribution in [3.63, 3.8) is 0 Å². The Labute approximate surface area is 187 Å². The van der Waals surface area contributed by atoms with Crippen LogP contribution in [0.5, 0.6) is 0 Å². The Kier molecular flexibility index (Phi) is 9.52. The van der Waals surface area contributed by atoms with E-state index in [1.807, 2.05) is 0 Å². The van der Waals surface area contributed by atoms with Crippen molar-refractivity contribution >= 4 is 17.6 Å². The maximum Gasteiger partial charge on any atom is 0.305 e. The summed E-state index contributed by atoms with van der Waals surface area (Å²) in [6.45, 7) is 0. The maximum absolute atomic E-state index is 11.2. The molecule has 0 bridgehead atoms. The highest BCUT2D eigenvalue weighted by molar-refractivity contribution is 6.21. The fourth-order valence-corrected chi connectivity index (χ4v) is 6.06. The fourth-order valence-electron chi connectivity index (χ4n) is 5.60. The van der Waals surface area contributed by atoms with Crippen molar-refractivity contribution < 1.29 is 14.6 Å². The topological polar surface area (TPSA) is 46.5 Å². The van der Waals surface area contributed by atoms with Crippen molar-refractivity contribution in [1.29, 1.82) is 0 Å². The van der Waals surface area contributed by atoms with Crippen LogP contribution in [0.4, 0.5) is 0 Å². The van der Waals surface area contributed by atoms with Crippen LogP contribution in [0.3, 0.4) is 0 Å². The quantitative estimate of drug-likeness (QED) is 0.263. The van der Waals surface area contributed by atoms with Crippen molar-refractivity contribution in [2.24, 2.45) is 11.8 Å². The number of ether oxygens (including phenoxy) is 1. The number of alkyl halides is 1. The van der Waals surface area contributed by atoms with Gasteiger partial charge in [0.05, 0.1) is 13.2 Å². The standard InChI is InChI=1S/C26H39ClO3/c1-30-25(29)12-8-3-2-7-11-22-23(27)18-24(28)26(22)21-15-13-20(14-16-21)17-19-9-5-4-6-10-19/h13-16,19,22-24,26,28H,2-12,17-18H2,1H3/t22-,23+,24+,26+/m0/s1. The SMILES string of the molecule is COC(=O)CCCCCC[C@@H]1[C@@H](c2ccc(CC3CCCCC3)cc2)[C@H](O)C[C@H]1Cl. The molecule has 1 aromatic carbocycles. The Hall–Kier alpha value is -1.06. The predicted molar refractivity (Wildman–Crippen MR) is 123 cm³/mol. The Morgan fingerprint density at radius 3 is 2.47 bits per heavy atom. The Balaban J connectivity index is 1.50. The zero-order chi connectivity index (χ0) is 21.3. The molecular weight excluding hydrogens is 396 g/mol. The molecule has 0 heterocycles. The van der Waals surface area contributed by atoms with Gasteiger partial charge in [0.2, 0.25) is 0 Å². The lowest BCUT2D eigenvalue weighted by Crippen LogP contribution is -2.19. The number of unbranched alkanes of at least 4 members (excludes halogenated alkanes) is 3. The highest BCUT2D eigenvalue weighted by atomic mass is 35.5. The minimum atomic E-state index is -0.346. The summed E-state index contributed by atoms with van der Waals surface area (Å²) < 4.78 is 4.69. The van der Waals surface area contributed by atoms with Crippen LogP contribution in [0.25, 0.3) is 0 Å². The van der Waals surface area contributed by atoms with Crippen LogP contribution in [0.1, 0.15) is 94.1 Å². The molecule has 1 N–H and O–H groups in total. The molecule has 0 aliphatic heterocycles. The van der Waals surface area contributed by atoms with E-state index in [-0.39, 0.29) is 23.4 Å². The lowest BCUT2D eigenvalue weighted by atomic mass is 9.82. The second-order valence-corrected chi connectivity index (χ2v) is 10.0. The Bertz CT molecular complexity index is 638. The number of methoxy groups -OCH3 is 1. The monoisotopic (exact) mass is 434 g/mol. The third kappa shape index (κ3) is 6.72. The zero-order valence-electron chi connectivity index (χ0n) is 18.5. The molecule has 0 aromatic heterocycles. The summed E-state index contributed by atoms with van der Waals surface area (Å²) in [7, 11) is 1.44. The Morgan fingerprint density at radius 1 is 1.07 bits per heavy atom. The highest BCUT2D eigenvalue weighted by Gasteiger charge is 2.41. The Morgan fingerprint density at radius 2 is 1.77 bits per heavy atom. The van der Waals surface area contributed by atoms with E-state index >= 15 is 0 Å². The third-order valence-corrected chi connectivity index (χ3v) is 7.82. The molecule has 0 unspecified atom stereocenters. The summed E-state index contributed by atoms with van der Waals surface area (Å²) >= 11 is 6.66. The summed E-state index contributed by atoms with van der Waals surface area (Å²) in [4.78, 5) is 11.2. The molecule has 4 atom stereocenters. The van der Waals surface area contributed by atoms with Gasteiger partial charge in [0, 0.05) is 17.7 Å². The van der Waals surface area contributed by atoms with Crippen molar-refractivity contribution in [2.45, 2.75) is 101 Å². The molecule has 3 nitrogen and oxygen atoms in total. The number of esters is 1. The molecule has 2 saturated carbocycles. The van der Waals surface area contributed by atoms with E-state index in [0.717, 1.165) is 38.0 Å². The minimum Gasteiger partial charge on any atom is -0.469 e. The molecule has 0 saturated heterocycles. The first-order valence-electron chi connectivity index (χ1n) is 12.1. The number of benzene rings is 1. The van der Waals surface area contributed by atoms with Crippen molar-refractivity contribution in [2.75, 3.05) is 7.11 Å². The van der Waals surface area contributed by atoms with Gasteiger partial charge in [-0.05, 0) is 48.6 Å². The van der Waals surface area contributed by atoms with E-state index in [9.17, 15) is 9.90 Å². The zero-order valence-corrected chi connectivity index (χ0v) is 19.3.